The second kappa shape index (κ2) is 5.99. The van der Waals surface area contributed by atoms with E-state index in [4.69, 9.17) is 23.2 Å². The maximum absolute atomic E-state index is 12.7. The van der Waals surface area contributed by atoms with E-state index < -0.39 is 11.9 Å². The number of halogens is 6. The minimum absolute atomic E-state index is 0. The van der Waals surface area contributed by atoms with Crippen molar-refractivity contribution in [3.8, 4) is 11.1 Å². The van der Waals surface area contributed by atoms with E-state index in [2.05, 4.69) is 9.97 Å². The molecule has 0 aliphatic rings. The summed E-state index contributed by atoms with van der Waals surface area (Å²) in [6.45, 7) is 0. The average Bonchev–Trinajstić information content (AvgIpc) is 2.81. The van der Waals surface area contributed by atoms with Gasteiger partial charge in [0.15, 0.2) is 0 Å². The Morgan fingerprint density at radius 1 is 1.00 bits per heavy atom. The fourth-order valence-corrected chi connectivity index (χ4v) is 2.59. The highest BCUT2D eigenvalue weighted by Gasteiger charge is 2.32. The minimum Gasteiger partial charge on any atom is -0.351 e. The van der Waals surface area contributed by atoms with Crippen LogP contribution < -0.4 is 0 Å². The number of hydrogen-bond acceptors (Lipinski definition) is 1. The predicted molar refractivity (Wildman–Crippen MR) is 83.8 cm³/mol. The number of fused-ring (bicyclic) bond motifs is 1. The lowest BCUT2D eigenvalue weighted by Gasteiger charge is -2.06. The van der Waals surface area contributed by atoms with E-state index >= 15 is 0 Å². The molecule has 8 heteroatoms. The summed E-state index contributed by atoms with van der Waals surface area (Å²) in [6.07, 6.45) is -1.43. The van der Waals surface area contributed by atoms with Crippen molar-refractivity contribution in [1.29, 1.82) is 0 Å². The molecule has 22 heavy (non-hydrogen) atoms. The zero-order valence-corrected chi connectivity index (χ0v) is 13.0. The maximum Gasteiger partial charge on any atom is 0.431 e. The lowest BCUT2D eigenvalue weighted by Crippen LogP contribution is -2.04. The Labute approximate surface area is 139 Å². The molecule has 0 spiro atoms. The largest absolute Gasteiger partial charge is 0.431 e. The van der Waals surface area contributed by atoms with E-state index in [0.29, 0.717) is 32.1 Å². The Hall–Kier alpha value is -1.43. The predicted octanol–water partition coefficient (Wildman–Crippen LogP) is 5.98. The van der Waals surface area contributed by atoms with Gasteiger partial charge in [-0.1, -0.05) is 23.2 Å². The lowest BCUT2D eigenvalue weighted by molar-refractivity contribution is -0.140. The van der Waals surface area contributed by atoms with Crippen LogP contribution in [0.3, 0.4) is 0 Å². The summed E-state index contributed by atoms with van der Waals surface area (Å²) in [7, 11) is 0. The second-order valence-corrected chi connectivity index (χ2v) is 5.27. The Morgan fingerprint density at radius 2 is 1.73 bits per heavy atom. The van der Waals surface area contributed by atoms with Crippen molar-refractivity contribution in [2.45, 2.75) is 6.18 Å². The van der Waals surface area contributed by atoms with Crippen LogP contribution in [-0.2, 0) is 6.18 Å². The summed E-state index contributed by atoms with van der Waals surface area (Å²) in [5.74, 6) is 0. The normalized spacial score (nSPS) is 11.5. The molecule has 2 aromatic heterocycles. The van der Waals surface area contributed by atoms with Crippen molar-refractivity contribution in [1.82, 2.24) is 9.97 Å². The van der Waals surface area contributed by atoms with Gasteiger partial charge in [-0.2, -0.15) is 13.2 Å². The molecule has 1 N–H and O–H groups in total. The van der Waals surface area contributed by atoms with Gasteiger partial charge < -0.3 is 4.98 Å². The molecule has 2 heterocycles. The monoisotopic (exact) mass is 366 g/mol. The van der Waals surface area contributed by atoms with Crippen LogP contribution in [0.5, 0.6) is 0 Å². The van der Waals surface area contributed by atoms with Gasteiger partial charge in [-0.05, 0) is 24.3 Å². The molecule has 0 saturated heterocycles. The van der Waals surface area contributed by atoms with Crippen molar-refractivity contribution in [3.05, 3.63) is 52.4 Å². The van der Waals surface area contributed by atoms with E-state index in [9.17, 15) is 13.2 Å². The van der Waals surface area contributed by atoms with Crippen molar-refractivity contribution in [3.63, 3.8) is 0 Å². The van der Waals surface area contributed by atoms with Crippen LogP contribution in [0, 0.1) is 0 Å². The third kappa shape index (κ3) is 3.02. The summed E-state index contributed by atoms with van der Waals surface area (Å²) in [6, 6.07) is 5.74. The lowest BCUT2D eigenvalue weighted by atomic mass is 10.1. The summed E-state index contributed by atoms with van der Waals surface area (Å²) in [4.78, 5) is 6.18. The molecule has 2 nitrogen and oxygen atoms in total. The summed E-state index contributed by atoms with van der Waals surface area (Å²) >= 11 is 12.2. The standard InChI is InChI=1S/C14H7Cl2F3N2.ClH/c15-10-5-12-7(4-13(21-12)14(17,18)19)3-9(10)8-1-2-20-6-11(8)16;/h1-6,21H;1H. The number of aromatic nitrogens is 2. The van der Waals surface area contributed by atoms with Gasteiger partial charge in [-0.15, -0.1) is 12.4 Å². The Bertz CT molecular complexity index is 828. The van der Waals surface area contributed by atoms with E-state index in [-0.39, 0.29) is 12.4 Å². The van der Waals surface area contributed by atoms with Crippen LogP contribution in [0.2, 0.25) is 10.0 Å². The number of hydrogen-bond donors (Lipinski definition) is 1. The number of rotatable bonds is 1. The molecule has 1 aromatic carbocycles. The van der Waals surface area contributed by atoms with E-state index in [0.717, 1.165) is 6.07 Å². The molecular weight excluding hydrogens is 360 g/mol. The summed E-state index contributed by atoms with van der Waals surface area (Å²) in [5.41, 5.74) is 0.686. The van der Waals surface area contributed by atoms with Crippen LogP contribution in [0.15, 0.2) is 36.7 Å². The first-order chi connectivity index (χ1) is 9.86. The number of alkyl halides is 3. The zero-order valence-electron chi connectivity index (χ0n) is 10.7. The second-order valence-electron chi connectivity index (χ2n) is 4.46. The molecular formula is C14H8Cl3F3N2. The van der Waals surface area contributed by atoms with Crippen LogP contribution in [-0.4, -0.2) is 9.97 Å². The van der Waals surface area contributed by atoms with Crippen LogP contribution >= 0.6 is 35.6 Å². The Kier molecular flexibility index (Phi) is 4.61. The Morgan fingerprint density at radius 3 is 2.36 bits per heavy atom. The number of nitrogens with one attached hydrogen (secondary N) is 1. The average molecular weight is 368 g/mol. The molecule has 0 fully saturated rings. The molecule has 0 saturated carbocycles. The molecule has 0 bridgehead atoms. The number of aromatic amines is 1. The molecule has 0 atom stereocenters. The van der Waals surface area contributed by atoms with Gasteiger partial charge in [0.25, 0.3) is 0 Å². The maximum atomic E-state index is 12.7. The highest BCUT2D eigenvalue weighted by molar-refractivity contribution is 6.37. The molecule has 0 aliphatic carbocycles. The third-order valence-electron chi connectivity index (χ3n) is 3.08. The van der Waals surface area contributed by atoms with Gasteiger partial charge >= 0.3 is 6.18 Å². The summed E-state index contributed by atoms with van der Waals surface area (Å²) in [5, 5.41) is 1.10. The fourth-order valence-electron chi connectivity index (χ4n) is 2.11. The third-order valence-corrected chi connectivity index (χ3v) is 3.69. The molecule has 3 rings (SSSR count). The van der Waals surface area contributed by atoms with Gasteiger partial charge in [0.2, 0.25) is 0 Å². The summed E-state index contributed by atoms with van der Waals surface area (Å²) < 4.78 is 38.2. The SMILES string of the molecule is Cl.FC(F)(F)c1cc2cc(-c3ccncc3Cl)c(Cl)cc2[nH]1. The zero-order chi connectivity index (χ0) is 15.2. The molecule has 116 valence electrons. The fraction of sp³-hybridized carbons (Fsp3) is 0.0714. The number of benzene rings is 1. The molecule has 0 aliphatic heterocycles. The topological polar surface area (TPSA) is 28.7 Å². The van der Waals surface area contributed by atoms with Crippen molar-refractivity contribution >= 4 is 46.5 Å². The molecule has 0 radical (unpaired) electrons. The minimum atomic E-state index is -4.43. The molecule has 0 unspecified atom stereocenters. The van der Waals surface area contributed by atoms with E-state index in [1.807, 2.05) is 0 Å². The van der Waals surface area contributed by atoms with Crippen LogP contribution in [0.4, 0.5) is 13.2 Å². The first-order valence-electron chi connectivity index (χ1n) is 5.85. The van der Waals surface area contributed by atoms with Crippen LogP contribution in [0.1, 0.15) is 5.69 Å². The van der Waals surface area contributed by atoms with Gasteiger partial charge in [0.05, 0.1) is 10.0 Å². The van der Waals surface area contributed by atoms with Gasteiger partial charge in [0.1, 0.15) is 5.69 Å². The highest BCUT2D eigenvalue weighted by atomic mass is 35.5. The quantitative estimate of drug-likeness (QED) is 0.563. The highest BCUT2D eigenvalue weighted by Crippen LogP contribution is 2.37. The van der Waals surface area contributed by atoms with Gasteiger partial charge in [-0.25, -0.2) is 0 Å². The Balaban J connectivity index is 0.00000176. The first kappa shape index (κ1) is 16.9. The van der Waals surface area contributed by atoms with Crippen molar-refractivity contribution in [2.24, 2.45) is 0 Å². The van der Waals surface area contributed by atoms with Gasteiger partial charge in [-0.3, -0.25) is 4.98 Å². The number of H-pyrrole nitrogens is 1. The number of pyridine rings is 1. The van der Waals surface area contributed by atoms with Crippen molar-refractivity contribution < 1.29 is 13.2 Å². The van der Waals surface area contributed by atoms with Crippen molar-refractivity contribution in [2.75, 3.05) is 0 Å². The molecule has 3 aromatic rings. The molecule has 0 amide bonds. The first-order valence-corrected chi connectivity index (χ1v) is 6.61. The van der Waals surface area contributed by atoms with E-state index in [1.54, 1.807) is 18.3 Å². The smallest absolute Gasteiger partial charge is 0.351 e. The van der Waals surface area contributed by atoms with Gasteiger partial charge in [0, 0.05) is 34.4 Å². The van der Waals surface area contributed by atoms with E-state index in [1.165, 1.54) is 12.3 Å². The number of nitrogens with zero attached hydrogens (tertiary/aromatic N) is 1. The van der Waals surface area contributed by atoms with Crippen LogP contribution in [0.25, 0.3) is 22.0 Å².